The summed E-state index contributed by atoms with van der Waals surface area (Å²) in [5, 5.41) is 3.38. The number of nitrogens with zero attached hydrogens (tertiary/aromatic N) is 4. The molecule has 6 heteroatoms. The maximum absolute atomic E-state index is 11.8. The molecular weight excluding hydrogens is 314 g/mol. The second kappa shape index (κ2) is 9.30. The number of amides is 1. The molecule has 0 aliphatic carbocycles. The minimum absolute atomic E-state index is 0.0224. The van der Waals surface area contributed by atoms with Gasteiger partial charge in [-0.2, -0.15) is 0 Å². The zero-order chi connectivity index (χ0) is 18.2. The van der Waals surface area contributed by atoms with Crippen molar-refractivity contribution in [1.82, 2.24) is 15.1 Å². The lowest BCUT2D eigenvalue weighted by Gasteiger charge is -2.38. The van der Waals surface area contributed by atoms with E-state index < -0.39 is 0 Å². The summed E-state index contributed by atoms with van der Waals surface area (Å²) in [7, 11) is 3.52. The lowest BCUT2D eigenvalue weighted by atomic mass is 10.2. The molecule has 0 radical (unpaired) electrons. The highest BCUT2D eigenvalue weighted by molar-refractivity contribution is 5.85. The van der Waals surface area contributed by atoms with Gasteiger partial charge in [0.05, 0.1) is 0 Å². The molecular formula is C19H31N5O. The summed E-state index contributed by atoms with van der Waals surface area (Å²) < 4.78 is 0. The molecule has 1 aromatic rings. The monoisotopic (exact) mass is 345 g/mol. The van der Waals surface area contributed by atoms with E-state index in [-0.39, 0.29) is 12.5 Å². The van der Waals surface area contributed by atoms with Crippen molar-refractivity contribution in [3.63, 3.8) is 0 Å². The molecule has 0 spiro atoms. The van der Waals surface area contributed by atoms with Crippen molar-refractivity contribution < 1.29 is 4.79 Å². The van der Waals surface area contributed by atoms with Gasteiger partial charge in [0, 0.05) is 52.5 Å². The Balaban J connectivity index is 1.98. The smallest absolute Gasteiger partial charge is 0.243 e. The van der Waals surface area contributed by atoms with Crippen molar-refractivity contribution >= 4 is 17.6 Å². The summed E-state index contributed by atoms with van der Waals surface area (Å²) >= 11 is 0. The van der Waals surface area contributed by atoms with Crippen LogP contribution in [-0.4, -0.2) is 75.0 Å². The molecule has 0 atom stereocenters. The number of aliphatic imine (C=N–C) groups is 1. The van der Waals surface area contributed by atoms with Crippen molar-refractivity contribution in [3.05, 3.63) is 29.8 Å². The quantitative estimate of drug-likeness (QED) is 0.650. The molecule has 6 nitrogen and oxygen atoms in total. The van der Waals surface area contributed by atoms with Gasteiger partial charge in [0.15, 0.2) is 5.96 Å². The number of rotatable bonds is 5. The number of carbonyl (C=O) groups excluding carboxylic acids is 1. The number of hydrogen-bond donors (Lipinski definition) is 1. The molecule has 0 aromatic heterocycles. The van der Waals surface area contributed by atoms with E-state index in [1.165, 1.54) is 11.3 Å². The molecule has 0 saturated carbocycles. The first-order chi connectivity index (χ1) is 12.0. The predicted molar refractivity (Wildman–Crippen MR) is 104 cm³/mol. The molecule has 1 N–H and O–H groups in total. The fourth-order valence-corrected chi connectivity index (χ4v) is 2.79. The van der Waals surface area contributed by atoms with E-state index in [9.17, 15) is 4.79 Å². The normalized spacial score (nSPS) is 15.3. The lowest BCUT2D eigenvalue weighted by Crippen LogP contribution is -2.53. The molecule has 1 aliphatic heterocycles. The Kier molecular flexibility index (Phi) is 7.10. The highest BCUT2D eigenvalue weighted by atomic mass is 16.2. The van der Waals surface area contributed by atoms with Crippen molar-refractivity contribution in [3.8, 4) is 0 Å². The zero-order valence-electron chi connectivity index (χ0n) is 16.0. The first-order valence-corrected chi connectivity index (χ1v) is 9.06. The van der Waals surface area contributed by atoms with Crippen molar-refractivity contribution in [2.75, 3.05) is 58.3 Å². The summed E-state index contributed by atoms with van der Waals surface area (Å²) in [6.07, 6.45) is 1.03. The Bertz CT molecular complexity index is 591. The van der Waals surface area contributed by atoms with Gasteiger partial charge in [0.25, 0.3) is 0 Å². The van der Waals surface area contributed by atoms with Crippen LogP contribution in [0.25, 0.3) is 0 Å². The average Bonchev–Trinajstić information content (AvgIpc) is 2.61. The van der Waals surface area contributed by atoms with E-state index in [0.717, 1.165) is 45.1 Å². The molecule has 138 valence electrons. The summed E-state index contributed by atoms with van der Waals surface area (Å²) in [6, 6.07) is 8.64. The van der Waals surface area contributed by atoms with E-state index in [2.05, 4.69) is 58.2 Å². The summed E-state index contributed by atoms with van der Waals surface area (Å²) in [4.78, 5) is 22.6. The molecule has 0 unspecified atom stereocenters. The summed E-state index contributed by atoms with van der Waals surface area (Å²) in [6.45, 7) is 9.03. The minimum Gasteiger partial charge on any atom is -0.368 e. The molecule has 25 heavy (non-hydrogen) atoms. The van der Waals surface area contributed by atoms with Crippen LogP contribution in [0.5, 0.6) is 0 Å². The number of carbonyl (C=O) groups is 1. The van der Waals surface area contributed by atoms with Crippen LogP contribution in [0.4, 0.5) is 5.69 Å². The summed E-state index contributed by atoms with van der Waals surface area (Å²) in [5.41, 5.74) is 2.57. The third-order valence-corrected chi connectivity index (χ3v) is 4.34. The maximum Gasteiger partial charge on any atom is 0.243 e. The largest absolute Gasteiger partial charge is 0.368 e. The second-order valence-electron chi connectivity index (χ2n) is 6.67. The highest BCUT2D eigenvalue weighted by Crippen LogP contribution is 2.17. The average molecular weight is 345 g/mol. The SMILES string of the molecule is CCCNC(=NCC(=O)N(C)C)N1CCN(c2cccc(C)c2)CC1. The van der Waals surface area contributed by atoms with Crippen LogP contribution in [0, 0.1) is 6.92 Å². The Morgan fingerprint density at radius 1 is 1.24 bits per heavy atom. The minimum atomic E-state index is 0.0224. The van der Waals surface area contributed by atoms with E-state index in [1.807, 2.05) is 0 Å². The third-order valence-electron chi connectivity index (χ3n) is 4.34. The first-order valence-electron chi connectivity index (χ1n) is 9.06. The Labute approximate surface area is 151 Å². The van der Waals surface area contributed by atoms with E-state index in [0.29, 0.717) is 0 Å². The van der Waals surface area contributed by atoms with E-state index in [1.54, 1.807) is 19.0 Å². The number of piperazine rings is 1. The fraction of sp³-hybridized carbons (Fsp3) is 0.579. The molecule has 1 saturated heterocycles. The third kappa shape index (κ3) is 5.66. The Hall–Kier alpha value is -2.24. The number of nitrogens with one attached hydrogen (secondary N) is 1. The van der Waals surface area contributed by atoms with Gasteiger partial charge in [-0.3, -0.25) is 4.79 Å². The van der Waals surface area contributed by atoms with Crippen LogP contribution < -0.4 is 10.2 Å². The van der Waals surface area contributed by atoms with Crippen molar-refractivity contribution in [2.45, 2.75) is 20.3 Å². The van der Waals surface area contributed by atoms with Crippen LogP contribution in [0.2, 0.25) is 0 Å². The summed E-state index contributed by atoms with van der Waals surface area (Å²) in [5.74, 6) is 0.870. The van der Waals surface area contributed by atoms with Gasteiger partial charge in [0.2, 0.25) is 5.91 Å². The molecule has 1 amide bonds. The predicted octanol–water partition coefficient (Wildman–Crippen LogP) is 1.56. The number of aryl methyl sites for hydroxylation is 1. The fourth-order valence-electron chi connectivity index (χ4n) is 2.79. The first kappa shape index (κ1) is 19.1. The lowest BCUT2D eigenvalue weighted by molar-refractivity contribution is -0.127. The van der Waals surface area contributed by atoms with Gasteiger partial charge in [-0.1, -0.05) is 19.1 Å². The van der Waals surface area contributed by atoms with Crippen molar-refractivity contribution in [1.29, 1.82) is 0 Å². The van der Waals surface area contributed by atoms with Crippen LogP contribution in [-0.2, 0) is 4.79 Å². The van der Waals surface area contributed by atoms with Gasteiger partial charge in [-0.05, 0) is 31.0 Å². The Morgan fingerprint density at radius 2 is 1.96 bits per heavy atom. The zero-order valence-corrected chi connectivity index (χ0v) is 16.0. The number of hydrogen-bond acceptors (Lipinski definition) is 3. The maximum atomic E-state index is 11.8. The molecule has 1 heterocycles. The number of guanidine groups is 1. The highest BCUT2D eigenvalue weighted by Gasteiger charge is 2.20. The van der Waals surface area contributed by atoms with Crippen LogP contribution in [0.3, 0.4) is 0 Å². The standard InChI is InChI=1S/C19H31N5O/c1-5-9-20-19(21-15-18(25)22(3)4)24-12-10-23(11-13-24)17-8-6-7-16(2)14-17/h6-8,14H,5,9-13,15H2,1-4H3,(H,20,21). The molecule has 1 aliphatic rings. The van der Waals surface area contributed by atoms with Gasteiger partial charge in [0.1, 0.15) is 6.54 Å². The topological polar surface area (TPSA) is 51.2 Å². The molecule has 2 rings (SSSR count). The van der Waals surface area contributed by atoms with Crippen LogP contribution >= 0.6 is 0 Å². The van der Waals surface area contributed by atoms with Gasteiger partial charge in [-0.15, -0.1) is 0 Å². The van der Waals surface area contributed by atoms with E-state index in [4.69, 9.17) is 0 Å². The number of likely N-dealkylation sites (N-methyl/N-ethyl adjacent to an activating group) is 1. The van der Waals surface area contributed by atoms with E-state index >= 15 is 0 Å². The van der Waals surface area contributed by atoms with Gasteiger partial charge >= 0.3 is 0 Å². The number of anilines is 1. The van der Waals surface area contributed by atoms with Gasteiger partial charge in [-0.25, -0.2) is 4.99 Å². The molecule has 1 aromatic carbocycles. The van der Waals surface area contributed by atoms with Crippen LogP contribution in [0.1, 0.15) is 18.9 Å². The second-order valence-corrected chi connectivity index (χ2v) is 6.67. The Morgan fingerprint density at radius 3 is 2.56 bits per heavy atom. The molecule has 0 bridgehead atoms. The van der Waals surface area contributed by atoms with Crippen molar-refractivity contribution in [2.24, 2.45) is 4.99 Å². The number of benzene rings is 1. The van der Waals surface area contributed by atoms with Crippen LogP contribution in [0.15, 0.2) is 29.3 Å². The molecule has 1 fully saturated rings. The van der Waals surface area contributed by atoms with Gasteiger partial charge < -0.3 is 20.0 Å².